The Kier molecular flexibility index (Phi) is 11.3. The zero-order valence-corrected chi connectivity index (χ0v) is 16.8. The Hall–Kier alpha value is -2.12. The third kappa shape index (κ3) is 9.28. The van der Waals surface area contributed by atoms with Crippen LogP contribution in [0.4, 0.5) is 0 Å². The van der Waals surface area contributed by atoms with Gasteiger partial charge in [-0.15, -0.1) is 0 Å². The number of nitrogens with two attached hydrogens (primary N) is 2. The fourth-order valence-corrected chi connectivity index (χ4v) is 3.06. The molecule has 1 aliphatic rings. The van der Waals surface area contributed by atoms with Crippen LogP contribution in [0.5, 0.6) is 0 Å². The number of nitrogens with one attached hydrogen (secondary N) is 4. The predicted molar refractivity (Wildman–Crippen MR) is 105 cm³/mol. The molecule has 3 amide bonds. The molecule has 1 saturated heterocycles. The zero-order valence-electron chi connectivity index (χ0n) is 16.8. The van der Waals surface area contributed by atoms with Gasteiger partial charge in [0.1, 0.15) is 18.1 Å². The average molecular weight is 415 g/mol. The lowest BCUT2D eigenvalue weighted by atomic mass is 10.1. The number of ketones is 1. The highest BCUT2D eigenvalue weighted by Crippen LogP contribution is 2.19. The van der Waals surface area contributed by atoms with Crippen molar-refractivity contribution in [2.24, 2.45) is 11.5 Å². The van der Waals surface area contributed by atoms with Crippen molar-refractivity contribution in [1.29, 1.82) is 0 Å². The summed E-state index contributed by atoms with van der Waals surface area (Å²) in [6, 6.07) is -1.44. The summed E-state index contributed by atoms with van der Waals surface area (Å²) in [4.78, 5) is 49.7. The Balaban J connectivity index is 2.52. The van der Waals surface area contributed by atoms with E-state index in [1.54, 1.807) is 0 Å². The van der Waals surface area contributed by atoms with Gasteiger partial charge in [0.2, 0.25) is 17.7 Å². The minimum atomic E-state index is -0.748. The van der Waals surface area contributed by atoms with Gasteiger partial charge >= 0.3 is 0 Å². The van der Waals surface area contributed by atoms with Gasteiger partial charge in [0.05, 0.1) is 19.3 Å². The van der Waals surface area contributed by atoms with Crippen molar-refractivity contribution in [1.82, 2.24) is 26.2 Å². The van der Waals surface area contributed by atoms with Gasteiger partial charge in [-0.05, 0) is 26.2 Å². The number of hydrogen-bond acceptors (Lipinski definition) is 9. The molecule has 0 radical (unpaired) electrons. The summed E-state index contributed by atoms with van der Waals surface area (Å²) in [5.41, 5.74) is 10.6. The molecule has 12 heteroatoms. The number of Topliss-reactive ketones (excluding diaryl/α,β-unsaturated/α-hetero) is 1. The normalized spacial score (nSPS) is 17.3. The second-order valence-electron chi connectivity index (χ2n) is 6.89. The first-order valence-electron chi connectivity index (χ1n) is 9.69. The number of aliphatic hydroxyl groups excluding tert-OH is 1. The second-order valence-corrected chi connectivity index (χ2v) is 6.89. The molecular formula is C17H33N7O5. The molecule has 12 nitrogen and oxygen atoms in total. The molecule has 9 N–H and O–H groups in total. The third-order valence-corrected chi connectivity index (χ3v) is 4.51. The number of rotatable bonds is 13. The van der Waals surface area contributed by atoms with Crippen LogP contribution in [-0.4, -0.2) is 84.8 Å². The van der Waals surface area contributed by atoms with Crippen molar-refractivity contribution in [3.8, 4) is 0 Å². The van der Waals surface area contributed by atoms with Crippen molar-refractivity contribution in [2.45, 2.75) is 51.0 Å². The molecule has 166 valence electrons. The molecule has 1 fully saturated rings. The van der Waals surface area contributed by atoms with Gasteiger partial charge in [0, 0.05) is 26.1 Å². The summed E-state index contributed by atoms with van der Waals surface area (Å²) in [7, 11) is 0. The Morgan fingerprint density at radius 1 is 1.14 bits per heavy atom. The maximum atomic E-state index is 12.8. The Morgan fingerprint density at radius 2 is 1.86 bits per heavy atom. The van der Waals surface area contributed by atoms with Crippen LogP contribution in [0.25, 0.3) is 0 Å². The molecule has 0 aromatic carbocycles. The van der Waals surface area contributed by atoms with Gasteiger partial charge in [-0.25, -0.2) is 0 Å². The summed E-state index contributed by atoms with van der Waals surface area (Å²) in [6.07, 6.45) is 0.896. The molecule has 29 heavy (non-hydrogen) atoms. The summed E-state index contributed by atoms with van der Waals surface area (Å²) >= 11 is 0. The Labute approximate surface area is 170 Å². The fourth-order valence-electron chi connectivity index (χ4n) is 3.06. The van der Waals surface area contributed by atoms with Crippen molar-refractivity contribution in [3.05, 3.63) is 0 Å². The number of aliphatic hydroxyl groups is 1. The highest BCUT2D eigenvalue weighted by molar-refractivity contribution is 5.92. The van der Waals surface area contributed by atoms with E-state index in [2.05, 4.69) is 21.3 Å². The van der Waals surface area contributed by atoms with Gasteiger partial charge < -0.3 is 36.9 Å². The number of nitrogens with zero attached hydrogens (tertiary/aromatic N) is 1. The molecule has 0 saturated carbocycles. The lowest BCUT2D eigenvalue weighted by molar-refractivity contribution is -0.140. The second kappa shape index (κ2) is 13.2. The molecule has 1 heterocycles. The minimum absolute atomic E-state index is 0.0621. The van der Waals surface area contributed by atoms with Crippen LogP contribution in [0.15, 0.2) is 0 Å². The standard InChI is InChI=1S/C17H33N7O5/c1-11(26)4-5-12(23-10-25)16(29)24-8-2-3-13(24)15(28)22-9-14(27)20-6-7-21-17(18)19/h12-13,17,21,23,25H,2-10,18-19H2,1H3,(H,20,27)(H,22,28). The van der Waals surface area contributed by atoms with Crippen LogP contribution < -0.4 is 32.7 Å². The van der Waals surface area contributed by atoms with Gasteiger partial charge in [-0.3, -0.25) is 25.0 Å². The van der Waals surface area contributed by atoms with Crippen LogP contribution in [0, 0.1) is 0 Å². The number of amides is 3. The van der Waals surface area contributed by atoms with Gasteiger partial charge in [-0.2, -0.15) is 0 Å². The zero-order chi connectivity index (χ0) is 21.8. The van der Waals surface area contributed by atoms with Crippen molar-refractivity contribution < 1.29 is 24.3 Å². The monoisotopic (exact) mass is 415 g/mol. The third-order valence-electron chi connectivity index (χ3n) is 4.51. The molecular weight excluding hydrogens is 382 g/mol. The van der Waals surface area contributed by atoms with E-state index >= 15 is 0 Å². The van der Waals surface area contributed by atoms with E-state index in [4.69, 9.17) is 16.6 Å². The highest BCUT2D eigenvalue weighted by Gasteiger charge is 2.36. The number of carbonyl (C=O) groups excluding carboxylic acids is 4. The van der Waals surface area contributed by atoms with Gasteiger partial charge in [0.25, 0.3) is 0 Å². The van der Waals surface area contributed by atoms with E-state index in [1.807, 2.05) is 0 Å². The lowest BCUT2D eigenvalue weighted by Gasteiger charge is -2.28. The van der Waals surface area contributed by atoms with Crippen molar-refractivity contribution in [3.63, 3.8) is 0 Å². The topological polar surface area (TPSA) is 192 Å². The molecule has 0 bridgehead atoms. The Bertz CT molecular complexity index is 572. The lowest BCUT2D eigenvalue weighted by Crippen LogP contribution is -2.53. The fraction of sp³-hybridized carbons (Fsp3) is 0.765. The van der Waals surface area contributed by atoms with E-state index < -0.39 is 31.0 Å². The average Bonchev–Trinajstić information content (AvgIpc) is 3.15. The summed E-state index contributed by atoms with van der Waals surface area (Å²) in [5.74, 6) is -1.19. The van der Waals surface area contributed by atoms with Crippen LogP contribution in [0.3, 0.4) is 0 Å². The van der Waals surface area contributed by atoms with Crippen LogP contribution in [0.1, 0.15) is 32.6 Å². The van der Waals surface area contributed by atoms with Gasteiger partial charge in [0.15, 0.2) is 0 Å². The quantitative estimate of drug-likeness (QED) is 0.117. The molecule has 1 aliphatic heterocycles. The smallest absolute Gasteiger partial charge is 0.243 e. The van der Waals surface area contributed by atoms with E-state index in [0.29, 0.717) is 32.5 Å². The van der Waals surface area contributed by atoms with Crippen LogP contribution in [0.2, 0.25) is 0 Å². The largest absolute Gasteiger partial charge is 0.381 e. The first-order valence-corrected chi connectivity index (χ1v) is 9.69. The van der Waals surface area contributed by atoms with Crippen LogP contribution >= 0.6 is 0 Å². The minimum Gasteiger partial charge on any atom is -0.381 e. The summed E-state index contributed by atoms with van der Waals surface area (Å²) in [6.45, 7) is 1.90. The molecule has 0 aromatic heterocycles. The maximum Gasteiger partial charge on any atom is 0.243 e. The first kappa shape index (κ1) is 24.9. The van der Waals surface area contributed by atoms with E-state index in [9.17, 15) is 19.2 Å². The van der Waals surface area contributed by atoms with Crippen LogP contribution in [-0.2, 0) is 19.2 Å². The Morgan fingerprint density at radius 3 is 2.48 bits per heavy atom. The molecule has 2 unspecified atom stereocenters. The summed E-state index contributed by atoms with van der Waals surface area (Å²) in [5, 5.41) is 19.7. The van der Waals surface area contributed by atoms with E-state index in [0.717, 1.165) is 0 Å². The van der Waals surface area contributed by atoms with Gasteiger partial charge in [-0.1, -0.05) is 0 Å². The van der Waals surface area contributed by atoms with E-state index in [-0.39, 0.29) is 37.0 Å². The first-order chi connectivity index (χ1) is 13.8. The molecule has 0 spiro atoms. The predicted octanol–water partition coefficient (Wildman–Crippen LogP) is -3.72. The maximum absolute atomic E-state index is 12.8. The SMILES string of the molecule is CC(=O)CCC(NCO)C(=O)N1CCCC1C(=O)NCC(=O)NCCNC(N)N. The molecule has 0 aliphatic carbocycles. The highest BCUT2D eigenvalue weighted by atomic mass is 16.3. The molecule has 2 atom stereocenters. The van der Waals surface area contributed by atoms with Crippen molar-refractivity contribution in [2.75, 3.05) is 32.9 Å². The molecule has 0 aromatic rings. The number of carbonyl (C=O) groups is 4. The summed E-state index contributed by atoms with van der Waals surface area (Å²) < 4.78 is 0. The molecule has 1 rings (SSSR count). The number of hydrogen-bond donors (Lipinski definition) is 7. The number of likely N-dealkylation sites (tertiary alicyclic amines) is 1. The van der Waals surface area contributed by atoms with Crippen molar-refractivity contribution >= 4 is 23.5 Å². The van der Waals surface area contributed by atoms with E-state index in [1.165, 1.54) is 11.8 Å².